The molecule has 0 radical (unpaired) electrons. The topological polar surface area (TPSA) is 110 Å². The van der Waals surface area contributed by atoms with E-state index in [0.29, 0.717) is 18.0 Å². The Bertz CT molecular complexity index is 1260. The van der Waals surface area contributed by atoms with Crippen LogP contribution in [0.5, 0.6) is 11.5 Å². The number of hydrogen-bond donors (Lipinski definition) is 2. The number of rotatable bonds is 9. The number of nitrogens with zero attached hydrogens (tertiary/aromatic N) is 2. The summed E-state index contributed by atoms with van der Waals surface area (Å²) in [6.45, 7) is 0.696. The summed E-state index contributed by atoms with van der Waals surface area (Å²) in [4.78, 5) is 39.4. The number of benzene rings is 2. The molecule has 1 unspecified atom stereocenters. The van der Waals surface area contributed by atoms with Crippen molar-refractivity contribution in [3.8, 4) is 11.5 Å². The number of methoxy groups -OCH3 is 2. The van der Waals surface area contributed by atoms with Gasteiger partial charge in [0, 0.05) is 12.6 Å². The standard InChI is InChI=1S/C24H28N4O5/c1-26(13-17-10-11-19(32-3)20(12-17)33-4)15-18(29)21-22(25)28(24(31)27(2)23(21)30)14-16-8-6-5-7-9-16/h5-12H,13-15,25H2,1-4H3/p+1. The van der Waals surface area contributed by atoms with Crippen LogP contribution in [0.2, 0.25) is 0 Å². The van der Waals surface area contributed by atoms with Crippen LogP contribution in [-0.2, 0) is 20.1 Å². The third-order valence-corrected chi connectivity index (χ3v) is 5.46. The minimum Gasteiger partial charge on any atom is -0.493 e. The van der Waals surface area contributed by atoms with Crippen molar-refractivity contribution in [3.63, 3.8) is 0 Å². The van der Waals surface area contributed by atoms with E-state index in [2.05, 4.69) is 0 Å². The predicted molar refractivity (Wildman–Crippen MR) is 125 cm³/mol. The second kappa shape index (κ2) is 10.2. The Morgan fingerprint density at radius 2 is 1.67 bits per heavy atom. The van der Waals surface area contributed by atoms with Gasteiger partial charge in [-0.15, -0.1) is 0 Å². The number of aromatic nitrogens is 2. The van der Waals surface area contributed by atoms with Gasteiger partial charge < -0.3 is 20.1 Å². The summed E-state index contributed by atoms with van der Waals surface area (Å²) in [5, 5.41) is 0. The molecule has 2 aromatic carbocycles. The highest BCUT2D eigenvalue weighted by Crippen LogP contribution is 2.27. The fourth-order valence-corrected chi connectivity index (χ4v) is 3.73. The van der Waals surface area contributed by atoms with Crippen LogP contribution in [0.3, 0.4) is 0 Å². The molecule has 0 bridgehead atoms. The molecular formula is C24H29N4O5+. The molecule has 0 spiro atoms. The Morgan fingerprint density at radius 1 is 1.00 bits per heavy atom. The third kappa shape index (κ3) is 5.15. The van der Waals surface area contributed by atoms with Crippen molar-refractivity contribution >= 4 is 11.6 Å². The van der Waals surface area contributed by atoms with E-state index >= 15 is 0 Å². The lowest BCUT2D eigenvalue weighted by atomic mass is 10.1. The molecule has 3 aromatic rings. The highest BCUT2D eigenvalue weighted by molar-refractivity contribution is 6.00. The van der Waals surface area contributed by atoms with Crippen LogP contribution < -0.4 is 31.4 Å². The maximum atomic E-state index is 13.1. The molecule has 9 heteroatoms. The molecule has 1 aromatic heterocycles. The Hall–Kier alpha value is -3.85. The molecule has 1 heterocycles. The van der Waals surface area contributed by atoms with Crippen molar-refractivity contribution in [1.82, 2.24) is 9.13 Å². The summed E-state index contributed by atoms with van der Waals surface area (Å²) < 4.78 is 12.8. The number of nitrogens with two attached hydrogens (primary N) is 1. The second-order valence-corrected chi connectivity index (χ2v) is 7.90. The summed E-state index contributed by atoms with van der Waals surface area (Å²) in [5.74, 6) is 0.677. The van der Waals surface area contributed by atoms with Crippen molar-refractivity contribution in [1.29, 1.82) is 0 Å². The van der Waals surface area contributed by atoms with Gasteiger partial charge >= 0.3 is 5.69 Å². The van der Waals surface area contributed by atoms with Gasteiger partial charge in [0.1, 0.15) is 24.5 Å². The molecule has 33 heavy (non-hydrogen) atoms. The van der Waals surface area contributed by atoms with Gasteiger partial charge in [0.2, 0.25) is 5.78 Å². The number of hydrogen-bond acceptors (Lipinski definition) is 6. The molecule has 3 N–H and O–H groups in total. The monoisotopic (exact) mass is 453 g/mol. The van der Waals surface area contributed by atoms with E-state index in [1.165, 1.54) is 11.6 Å². The van der Waals surface area contributed by atoms with Gasteiger partial charge in [0.15, 0.2) is 11.5 Å². The van der Waals surface area contributed by atoms with E-state index in [4.69, 9.17) is 15.2 Å². The van der Waals surface area contributed by atoms with Gasteiger partial charge in [0.25, 0.3) is 5.56 Å². The molecule has 0 aliphatic carbocycles. The largest absolute Gasteiger partial charge is 0.493 e. The lowest BCUT2D eigenvalue weighted by molar-refractivity contribution is -0.884. The number of anilines is 1. The van der Waals surface area contributed by atoms with Crippen LogP contribution in [0.1, 0.15) is 21.5 Å². The number of ether oxygens (including phenoxy) is 2. The van der Waals surface area contributed by atoms with E-state index in [1.807, 2.05) is 49.5 Å². The average molecular weight is 454 g/mol. The van der Waals surface area contributed by atoms with Crippen LogP contribution in [-0.4, -0.2) is 42.7 Å². The average Bonchev–Trinajstić information content (AvgIpc) is 2.81. The van der Waals surface area contributed by atoms with Gasteiger partial charge in [-0.25, -0.2) is 4.79 Å². The number of Topliss-reactive ketones (excluding diaryl/α,β-unsaturated/α-hetero) is 1. The van der Waals surface area contributed by atoms with Crippen LogP contribution in [0.4, 0.5) is 5.82 Å². The maximum Gasteiger partial charge on any atom is 0.332 e. The van der Waals surface area contributed by atoms with Gasteiger partial charge in [0.05, 0.1) is 27.8 Å². The van der Waals surface area contributed by atoms with Gasteiger partial charge in [-0.2, -0.15) is 0 Å². The Kier molecular flexibility index (Phi) is 7.34. The molecule has 9 nitrogen and oxygen atoms in total. The Balaban J connectivity index is 1.86. The molecule has 0 aliphatic rings. The summed E-state index contributed by atoms with van der Waals surface area (Å²) >= 11 is 0. The smallest absolute Gasteiger partial charge is 0.332 e. The summed E-state index contributed by atoms with van der Waals surface area (Å²) in [6, 6.07) is 14.8. The molecule has 0 amide bonds. The van der Waals surface area contributed by atoms with Crippen LogP contribution >= 0.6 is 0 Å². The molecule has 0 aliphatic heterocycles. The normalized spacial score (nSPS) is 11.8. The predicted octanol–water partition coefficient (Wildman–Crippen LogP) is 0.0923. The van der Waals surface area contributed by atoms with Crippen LogP contribution in [0.15, 0.2) is 58.1 Å². The van der Waals surface area contributed by atoms with E-state index in [9.17, 15) is 14.4 Å². The molecule has 0 saturated heterocycles. The zero-order valence-corrected chi connectivity index (χ0v) is 19.3. The van der Waals surface area contributed by atoms with E-state index in [-0.39, 0.29) is 24.5 Å². The molecule has 1 atom stereocenters. The summed E-state index contributed by atoms with van der Waals surface area (Å²) in [6.07, 6.45) is 0. The van der Waals surface area contributed by atoms with Crippen LogP contribution in [0, 0.1) is 0 Å². The Morgan fingerprint density at radius 3 is 2.30 bits per heavy atom. The van der Waals surface area contributed by atoms with E-state index in [0.717, 1.165) is 20.6 Å². The lowest BCUT2D eigenvalue weighted by Crippen LogP contribution is -3.08. The quantitative estimate of drug-likeness (QED) is 0.445. The first-order valence-corrected chi connectivity index (χ1v) is 10.5. The molecular weight excluding hydrogens is 424 g/mol. The van der Waals surface area contributed by atoms with Gasteiger partial charge in [-0.3, -0.25) is 18.7 Å². The number of carbonyl (C=O) groups is 1. The minimum atomic E-state index is -0.689. The van der Waals surface area contributed by atoms with Crippen molar-refractivity contribution < 1.29 is 19.2 Å². The number of carbonyl (C=O) groups excluding carboxylic acids is 1. The SMILES string of the molecule is COc1ccc(C[NH+](C)CC(=O)c2c(N)n(Cc3ccccc3)c(=O)n(C)c2=O)cc1OC. The lowest BCUT2D eigenvalue weighted by Gasteiger charge is -2.17. The maximum absolute atomic E-state index is 13.1. The third-order valence-electron chi connectivity index (χ3n) is 5.46. The second-order valence-electron chi connectivity index (χ2n) is 7.90. The van der Waals surface area contributed by atoms with Gasteiger partial charge in [-0.05, 0) is 23.8 Å². The first kappa shape index (κ1) is 23.8. The first-order chi connectivity index (χ1) is 15.8. The van der Waals surface area contributed by atoms with E-state index in [1.54, 1.807) is 20.3 Å². The highest BCUT2D eigenvalue weighted by atomic mass is 16.5. The zero-order chi connectivity index (χ0) is 24.1. The fraction of sp³-hybridized carbons (Fsp3) is 0.292. The van der Waals surface area contributed by atoms with Gasteiger partial charge in [-0.1, -0.05) is 30.3 Å². The van der Waals surface area contributed by atoms with Crippen molar-refractivity contribution in [2.24, 2.45) is 7.05 Å². The summed E-state index contributed by atoms with van der Waals surface area (Å²) in [5.41, 5.74) is 6.54. The molecule has 3 rings (SSSR count). The molecule has 0 fully saturated rings. The Labute approximate surface area is 191 Å². The number of quaternary nitrogens is 1. The fourth-order valence-electron chi connectivity index (χ4n) is 3.73. The van der Waals surface area contributed by atoms with Crippen molar-refractivity contribution in [2.45, 2.75) is 13.1 Å². The van der Waals surface area contributed by atoms with Crippen LogP contribution in [0.25, 0.3) is 0 Å². The molecule has 0 saturated carbocycles. The summed E-state index contributed by atoms with van der Waals surface area (Å²) in [7, 11) is 6.32. The van der Waals surface area contributed by atoms with Crippen molar-refractivity contribution in [2.75, 3.05) is 33.5 Å². The highest BCUT2D eigenvalue weighted by Gasteiger charge is 2.24. The number of ketones is 1. The minimum absolute atomic E-state index is 0.0251. The number of likely N-dealkylation sites (N-methyl/N-ethyl adjacent to an activating group) is 1. The zero-order valence-electron chi connectivity index (χ0n) is 19.3. The first-order valence-electron chi connectivity index (χ1n) is 10.5. The molecule has 174 valence electrons. The number of nitrogen functional groups attached to an aromatic ring is 1. The van der Waals surface area contributed by atoms with E-state index < -0.39 is 17.0 Å². The van der Waals surface area contributed by atoms with Crippen molar-refractivity contribution in [3.05, 3.63) is 86.1 Å². The number of nitrogens with one attached hydrogen (secondary N) is 1.